The molecule has 4 heteroatoms. The Morgan fingerprint density at radius 2 is 2.11 bits per heavy atom. The van der Waals surface area contributed by atoms with Crippen LogP contribution in [0.25, 0.3) is 10.9 Å². The van der Waals surface area contributed by atoms with Crippen LogP contribution in [0.2, 0.25) is 0 Å². The second kappa shape index (κ2) is 5.12. The summed E-state index contributed by atoms with van der Waals surface area (Å²) in [6, 6.07) is 7.78. The number of esters is 1. The Kier molecular flexibility index (Phi) is 3.55. The van der Waals surface area contributed by atoms with Gasteiger partial charge in [-0.05, 0) is 32.0 Å². The lowest BCUT2D eigenvalue weighted by Crippen LogP contribution is -2.10. The van der Waals surface area contributed by atoms with Gasteiger partial charge in [-0.25, -0.2) is 0 Å². The van der Waals surface area contributed by atoms with Crippen LogP contribution in [-0.2, 0) is 16.1 Å². The van der Waals surface area contributed by atoms with Gasteiger partial charge < -0.3 is 14.0 Å². The number of nitrogens with zero attached hydrogens (tertiary/aromatic N) is 1. The molecule has 0 unspecified atom stereocenters. The Labute approximate surface area is 106 Å². The lowest BCUT2D eigenvalue weighted by molar-refractivity contribution is -0.141. The summed E-state index contributed by atoms with van der Waals surface area (Å²) in [6.45, 7) is 4.19. The van der Waals surface area contributed by atoms with Crippen LogP contribution in [0.1, 0.15) is 13.8 Å². The molecule has 0 aliphatic rings. The molecule has 0 atom stereocenters. The summed E-state index contributed by atoms with van der Waals surface area (Å²) in [5.41, 5.74) is 0.971. The second-order valence-corrected chi connectivity index (χ2v) is 4.38. The van der Waals surface area contributed by atoms with Gasteiger partial charge in [0.15, 0.2) is 0 Å². The molecule has 0 radical (unpaired) electrons. The van der Waals surface area contributed by atoms with Crippen molar-refractivity contribution >= 4 is 16.9 Å². The maximum absolute atomic E-state index is 11.3. The lowest BCUT2D eigenvalue weighted by Gasteiger charge is -2.11. The predicted molar refractivity (Wildman–Crippen MR) is 69.7 cm³/mol. The summed E-state index contributed by atoms with van der Waals surface area (Å²) in [5.74, 6) is 0.578. The molecule has 18 heavy (non-hydrogen) atoms. The molecule has 0 aliphatic carbocycles. The first-order valence-electron chi connectivity index (χ1n) is 5.93. The zero-order valence-corrected chi connectivity index (χ0v) is 10.8. The fourth-order valence-corrected chi connectivity index (χ4v) is 1.89. The molecule has 0 saturated heterocycles. The van der Waals surface area contributed by atoms with E-state index < -0.39 is 0 Å². The van der Waals surface area contributed by atoms with Crippen molar-refractivity contribution in [3.8, 4) is 5.75 Å². The zero-order chi connectivity index (χ0) is 13.1. The third kappa shape index (κ3) is 2.47. The highest BCUT2D eigenvalue weighted by atomic mass is 16.5. The quantitative estimate of drug-likeness (QED) is 0.780. The van der Waals surface area contributed by atoms with Gasteiger partial charge in [0.05, 0.1) is 18.7 Å². The number of methoxy groups -OCH3 is 1. The molecule has 2 aromatic rings. The smallest absolute Gasteiger partial charge is 0.325 e. The van der Waals surface area contributed by atoms with Gasteiger partial charge in [0.25, 0.3) is 0 Å². The van der Waals surface area contributed by atoms with E-state index in [1.54, 1.807) is 0 Å². The average Bonchev–Trinajstić information content (AvgIpc) is 2.73. The summed E-state index contributed by atoms with van der Waals surface area (Å²) in [7, 11) is 1.39. The van der Waals surface area contributed by atoms with Gasteiger partial charge >= 0.3 is 5.97 Å². The van der Waals surface area contributed by atoms with Crippen LogP contribution < -0.4 is 4.74 Å². The van der Waals surface area contributed by atoms with Crippen LogP contribution >= 0.6 is 0 Å². The minimum atomic E-state index is -0.261. The molecule has 1 aromatic carbocycles. The number of fused-ring (bicyclic) bond motifs is 1. The molecule has 4 nitrogen and oxygen atoms in total. The van der Waals surface area contributed by atoms with Crippen LogP contribution in [0.4, 0.5) is 0 Å². The van der Waals surface area contributed by atoms with Crippen LogP contribution in [0.15, 0.2) is 30.5 Å². The second-order valence-electron chi connectivity index (χ2n) is 4.38. The van der Waals surface area contributed by atoms with Gasteiger partial charge in [-0.2, -0.15) is 0 Å². The zero-order valence-electron chi connectivity index (χ0n) is 10.8. The van der Waals surface area contributed by atoms with Crippen molar-refractivity contribution < 1.29 is 14.3 Å². The van der Waals surface area contributed by atoms with Gasteiger partial charge in [0.1, 0.15) is 12.3 Å². The van der Waals surface area contributed by atoms with E-state index >= 15 is 0 Å². The largest absolute Gasteiger partial charge is 0.490 e. The van der Waals surface area contributed by atoms with Gasteiger partial charge in [0, 0.05) is 11.6 Å². The van der Waals surface area contributed by atoms with E-state index in [1.165, 1.54) is 7.11 Å². The molecule has 0 bridgehead atoms. The van der Waals surface area contributed by atoms with Gasteiger partial charge in [-0.1, -0.05) is 6.07 Å². The van der Waals surface area contributed by atoms with E-state index in [9.17, 15) is 4.79 Å². The Hall–Kier alpha value is -1.97. The Morgan fingerprint density at radius 3 is 2.78 bits per heavy atom. The number of hydrogen-bond acceptors (Lipinski definition) is 3. The summed E-state index contributed by atoms with van der Waals surface area (Å²) >= 11 is 0. The van der Waals surface area contributed by atoms with Crippen LogP contribution in [0.3, 0.4) is 0 Å². The fraction of sp³-hybridized carbons (Fsp3) is 0.357. The first-order valence-corrected chi connectivity index (χ1v) is 5.93. The monoisotopic (exact) mass is 247 g/mol. The highest BCUT2D eigenvalue weighted by Gasteiger charge is 2.10. The average molecular weight is 247 g/mol. The van der Waals surface area contributed by atoms with Crippen LogP contribution in [0, 0.1) is 0 Å². The normalized spacial score (nSPS) is 10.9. The minimum Gasteiger partial charge on any atom is -0.490 e. The SMILES string of the molecule is COC(=O)Cn1ccc2c(OC(C)C)cccc21. The van der Waals surface area contributed by atoms with Crippen molar-refractivity contribution in [2.24, 2.45) is 0 Å². The lowest BCUT2D eigenvalue weighted by atomic mass is 10.2. The first kappa shape index (κ1) is 12.5. The summed E-state index contributed by atoms with van der Waals surface area (Å²) in [5, 5.41) is 1.01. The third-order valence-corrected chi connectivity index (χ3v) is 2.66. The van der Waals surface area contributed by atoms with Crippen molar-refractivity contribution in [1.82, 2.24) is 4.57 Å². The number of benzene rings is 1. The number of rotatable bonds is 4. The summed E-state index contributed by atoms with van der Waals surface area (Å²) in [6.07, 6.45) is 1.99. The molecule has 0 aliphatic heterocycles. The van der Waals surface area contributed by atoms with E-state index in [0.29, 0.717) is 0 Å². The van der Waals surface area contributed by atoms with Gasteiger partial charge in [-0.15, -0.1) is 0 Å². The van der Waals surface area contributed by atoms with E-state index in [2.05, 4.69) is 4.74 Å². The van der Waals surface area contributed by atoms with Gasteiger partial charge in [0.2, 0.25) is 0 Å². The molecule has 0 saturated carbocycles. The molecule has 0 amide bonds. The Morgan fingerprint density at radius 1 is 1.33 bits per heavy atom. The molecular weight excluding hydrogens is 230 g/mol. The van der Waals surface area contributed by atoms with E-state index in [-0.39, 0.29) is 18.6 Å². The van der Waals surface area contributed by atoms with Crippen molar-refractivity contribution in [2.45, 2.75) is 26.5 Å². The van der Waals surface area contributed by atoms with Crippen LogP contribution in [0.5, 0.6) is 5.75 Å². The maximum Gasteiger partial charge on any atom is 0.325 e. The number of aromatic nitrogens is 1. The Bertz CT molecular complexity index is 557. The van der Waals surface area contributed by atoms with E-state index in [4.69, 9.17) is 4.74 Å². The van der Waals surface area contributed by atoms with Crippen molar-refractivity contribution in [3.05, 3.63) is 30.5 Å². The summed E-state index contributed by atoms with van der Waals surface area (Å²) in [4.78, 5) is 11.3. The van der Waals surface area contributed by atoms with E-state index in [0.717, 1.165) is 16.7 Å². The van der Waals surface area contributed by atoms with Gasteiger partial charge in [-0.3, -0.25) is 4.79 Å². The highest BCUT2D eigenvalue weighted by Crippen LogP contribution is 2.27. The maximum atomic E-state index is 11.3. The Balaban J connectivity index is 2.38. The topological polar surface area (TPSA) is 40.5 Å². The van der Waals surface area contributed by atoms with E-state index in [1.807, 2.05) is 48.9 Å². The molecule has 1 heterocycles. The molecule has 0 N–H and O–H groups in total. The molecule has 0 fully saturated rings. The van der Waals surface area contributed by atoms with Crippen molar-refractivity contribution in [3.63, 3.8) is 0 Å². The molecule has 96 valence electrons. The number of hydrogen-bond donors (Lipinski definition) is 0. The molecule has 1 aromatic heterocycles. The molecular formula is C14H17NO3. The van der Waals surface area contributed by atoms with Crippen molar-refractivity contribution in [2.75, 3.05) is 7.11 Å². The first-order chi connectivity index (χ1) is 8.61. The fourth-order valence-electron chi connectivity index (χ4n) is 1.89. The number of carbonyl (C=O) groups is 1. The molecule has 0 spiro atoms. The highest BCUT2D eigenvalue weighted by molar-refractivity contribution is 5.87. The molecule has 2 rings (SSSR count). The van der Waals surface area contributed by atoms with Crippen molar-refractivity contribution in [1.29, 1.82) is 0 Å². The number of carbonyl (C=O) groups excluding carboxylic acids is 1. The third-order valence-electron chi connectivity index (χ3n) is 2.66. The predicted octanol–water partition coefficient (Wildman–Crippen LogP) is 2.60. The summed E-state index contributed by atoms with van der Waals surface area (Å²) < 4.78 is 12.3. The minimum absolute atomic E-state index is 0.125. The number of ether oxygens (including phenoxy) is 2. The van der Waals surface area contributed by atoms with Crippen LogP contribution in [-0.4, -0.2) is 23.8 Å². The standard InChI is InChI=1S/C14H17NO3/c1-10(2)18-13-6-4-5-12-11(13)7-8-15(12)9-14(16)17-3/h4-8,10H,9H2,1-3H3.